The number of unbranched alkanes of at least 4 members (excludes halogenated alkanes) is 2. The zero-order chi connectivity index (χ0) is 26.8. The predicted molar refractivity (Wildman–Crippen MR) is 130 cm³/mol. The van der Waals surface area contributed by atoms with E-state index in [0.717, 1.165) is 25.0 Å². The normalized spacial score (nSPS) is 13.8. The van der Waals surface area contributed by atoms with Crippen molar-refractivity contribution < 1.29 is 41.1 Å². The fourth-order valence-electron chi connectivity index (χ4n) is 2.96. The summed E-state index contributed by atoms with van der Waals surface area (Å²) in [5.74, 6) is -1.22. The molecule has 0 aliphatic heterocycles. The fourth-order valence-corrected chi connectivity index (χ4v) is 4.65. The molecule has 0 aliphatic rings. The number of alkyl halides is 3. The van der Waals surface area contributed by atoms with Gasteiger partial charge in [0, 0.05) is 0 Å². The van der Waals surface area contributed by atoms with Gasteiger partial charge in [-0.3, -0.25) is 9.36 Å². The summed E-state index contributed by atoms with van der Waals surface area (Å²) in [6, 6.07) is 10.4. The SMILES string of the molecule is CCCCOP(=O)(OCCCC)C(N)C(=O)C(C)Oc1ccc(Oc2ccc(C(F)(F)F)cc2)cc1. The number of hydrogen-bond acceptors (Lipinski definition) is 7. The second kappa shape index (κ2) is 13.8. The Balaban J connectivity index is 2.00. The average Bonchev–Trinajstić information content (AvgIpc) is 2.84. The third kappa shape index (κ3) is 8.92. The molecule has 0 bridgehead atoms. The van der Waals surface area contributed by atoms with E-state index in [1.165, 1.54) is 43.3 Å². The highest BCUT2D eigenvalue weighted by atomic mass is 31.2. The molecule has 0 heterocycles. The van der Waals surface area contributed by atoms with Crippen molar-refractivity contribution in [3.05, 3.63) is 54.1 Å². The number of Topliss-reactive ketones (excluding diaryl/α,β-unsaturated/α-hetero) is 1. The van der Waals surface area contributed by atoms with Gasteiger partial charge in [0.15, 0.2) is 11.9 Å². The zero-order valence-electron chi connectivity index (χ0n) is 20.6. The lowest BCUT2D eigenvalue weighted by atomic mass is 10.2. The molecule has 2 atom stereocenters. The maximum Gasteiger partial charge on any atom is 0.416 e. The van der Waals surface area contributed by atoms with Crippen molar-refractivity contribution in [1.82, 2.24) is 0 Å². The number of ketones is 1. The molecule has 7 nitrogen and oxygen atoms in total. The summed E-state index contributed by atoms with van der Waals surface area (Å²) in [6.45, 7) is 5.71. The Labute approximate surface area is 209 Å². The molecular weight excluding hydrogens is 498 g/mol. The van der Waals surface area contributed by atoms with Crippen molar-refractivity contribution in [2.75, 3.05) is 13.2 Å². The van der Waals surface area contributed by atoms with Crippen LogP contribution in [0.15, 0.2) is 48.5 Å². The van der Waals surface area contributed by atoms with Crippen LogP contribution < -0.4 is 15.2 Å². The molecule has 0 amide bonds. The van der Waals surface area contributed by atoms with Gasteiger partial charge in [-0.05, 0) is 68.3 Å². The highest BCUT2D eigenvalue weighted by Gasteiger charge is 2.41. The molecule has 2 rings (SSSR count). The Hall–Kier alpha value is -2.39. The Morgan fingerprint density at radius 3 is 1.78 bits per heavy atom. The van der Waals surface area contributed by atoms with Crippen LogP contribution in [0.25, 0.3) is 0 Å². The van der Waals surface area contributed by atoms with Gasteiger partial charge in [-0.25, -0.2) is 0 Å². The number of carbonyl (C=O) groups is 1. The van der Waals surface area contributed by atoms with E-state index in [1.54, 1.807) is 0 Å². The third-order valence-electron chi connectivity index (χ3n) is 5.13. The molecule has 0 aliphatic carbocycles. The number of halogens is 3. The average molecular weight is 532 g/mol. The van der Waals surface area contributed by atoms with E-state index < -0.39 is 37.0 Å². The summed E-state index contributed by atoms with van der Waals surface area (Å²) in [7, 11) is -3.89. The van der Waals surface area contributed by atoms with Crippen molar-refractivity contribution in [2.24, 2.45) is 5.73 Å². The van der Waals surface area contributed by atoms with Gasteiger partial charge in [-0.1, -0.05) is 26.7 Å². The minimum Gasteiger partial charge on any atom is -0.483 e. The summed E-state index contributed by atoms with van der Waals surface area (Å²) < 4.78 is 73.4. The molecule has 0 radical (unpaired) electrons. The monoisotopic (exact) mass is 531 g/mol. The first-order valence-corrected chi connectivity index (χ1v) is 13.4. The van der Waals surface area contributed by atoms with Crippen LogP contribution in [0.5, 0.6) is 17.2 Å². The van der Waals surface area contributed by atoms with Crippen molar-refractivity contribution in [3.63, 3.8) is 0 Å². The number of carbonyl (C=O) groups excluding carboxylic acids is 1. The van der Waals surface area contributed by atoms with Gasteiger partial charge in [-0.2, -0.15) is 13.2 Å². The predicted octanol–water partition coefficient (Wildman–Crippen LogP) is 6.95. The Bertz CT molecular complexity index is 984. The van der Waals surface area contributed by atoms with E-state index in [1.807, 2.05) is 13.8 Å². The zero-order valence-corrected chi connectivity index (χ0v) is 21.5. The molecular formula is C25H33F3NO6P. The number of ether oxygens (including phenoxy) is 2. The van der Waals surface area contributed by atoms with Crippen LogP contribution in [0.1, 0.15) is 52.0 Å². The maximum atomic E-state index is 13.2. The van der Waals surface area contributed by atoms with Gasteiger partial charge in [-0.15, -0.1) is 0 Å². The van der Waals surface area contributed by atoms with Crippen LogP contribution in [0.4, 0.5) is 13.2 Å². The van der Waals surface area contributed by atoms with Crippen molar-refractivity contribution in [2.45, 2.75) is 64.5 Å². The van der Waals surface area contributed by atoms with Crippen molar-refractivity contribution in [1.29, 1.82) is 0 Å². The van der Waals surface area contributed by atoms with Crippen LogP contribution in [0, 0.1) is 0 Å². The Morgan fingerprint density at radius 2 is 1.33 bits per heavy atom. The molecule has 0 aromatic heterocycles. The number of hydrogen-bond donors (Lipinski definition) is 1. The largest absolute Gasteiger partial charge is 0.483 e. The highest BCUT2D eigenvalue weighted by molar-refractivity contribution is 7.55. The van der Waals surface area contributed by atoms with Crippen LogP contribution in [0.3, 0.4) is 0 Å². The topological polar surface area (TPSA) is 97.1 Å². The minimum atomic E-state index is -4.43. The van der Waals surface area contributed by atoms with Gasteiger partial charge in [0.1, 0.15) is 17.2 Å². The van der Waals surface area contributed by atoms with Crippen molar-refractivity contribution >= 4 is 13.4 Å². The van der Waals surface area contributed by atoms with Crippen LogP contribution in [-0.4, -0.2) is 30.9 Å². The summed E-state index contributed by atoms with van der Waals surface area (Å²) in [5.41, 5.74) is 5.26. The summed E-state index contributed by atoms with van der Waals surface area (Å²) in [4.78, 5) is 12.9. The molecule has 0 spiro atoms. The molecule has 2 aromatic carbocycles. The fraction of sp³-hybridized carbons (Fsp3) is 0.480. The minimum absolute atomic E-state index is 0.163. The van der Waals surface area contributed by atoms with Gasteiger partial charge in [0.25, 0.3) is 0 Å². The quantitative estimate of drug-likeness (QED) is 0.196. The molecule has 0 fully saturated rings. The van der Waals surface area contributed by atoms with E-state index >= 15 is 0 Å². The first-order valence-electron chi connectivity index (χ1n) is 11.8. The first-order chi connectivity index (χ1) is 17.0. The van der Waals surface area contributed by atoms with Crippen LogP contribution in [0.2, 0.25) is 0 Å². The third-order valence-corrected chi connectivity index (χ3v) is 7.15. The first kappa shape index (κ1) is 29.8. The lowest BCUT2D eigenvalue weighted by Crippen LogP contribution is -2.40. The lowest BCUT2D eigenvalue weighted by Gasteiger charge is -2.25. The van der Waals surface area contributed by atoms with E-state index in [0.29, 0.717) is 24.3 Å². The smallest absolute Gasteiger partial charge is 0.416 e. The Morgan fingerprint density at radius 1 is 0.889 bits per heavy atom. The Kier molecular flexibility index (Phi) is 11.4. The van der Waals surface area contributed by atoms with Gasteiger partial charge >= 0.3 is 13.8 Å². The molecule has 2 N–H and O–H groups in total. The number of benzene rings is 2. The summed E-state index contributed by atoms with van der Waals surface area (Å²) in [5, 5.41) is 0. The number of rotatable bonds is 15. The van der Waals surface area contributed by atoms with Gasteiger partial charge in [0.05, 0.1) is 18.8 Å². The standard InChI is InChI=1S/C25H33F3NO6P/c1-4-6-16-32-36(31,33-17-7-5-2)24(29)23(30)18(3)34-20-12-14-22(15-13-20)35-21-10-8-19(9-11-21)25(26,27)28/h8-15,18,24H,4-7,16-17,29H2,1-3H3. The van der Waals surface area contributed by atoms with Crippen molar-refractivity contribution in [3.8, 4) is 17.2 Å². The second-order valence-electron chi connectivity index (χ2n) is 8.12. The van der Waals surface area contributed by atoms with Gasteiger partial charge in [0.2, 0.25) is 5.78 Å². The molecule has 200 valence electrons. The molecule has 2 unspecified atom stereocenters. The van der Waals surface area contributed by atoms with E-state index in [9.17, 15) is 22.5 Å². The van der Waals surface area contributed by atoms with E-state index in [-0.39, 0.29) is 19.0 Å². The van der Waals surface area contributed by atoms with E-state index in [2.05, 4.69) is 0 Å². The lowest BCUT2D eigenvalue weighted by molar-refractivity contribution is -0.137. The van der Waals surface area contributed by atoms with Gasteiger partial charge < -0.3 is 24.3 Å². The van der Waals surface area contributed by atoms with Crippen LogP contribution in [-0.2, 0) is 24.6 Å². The second-order valence-corrected chi connectivity index (χ2v) is 10.3. The van der Waals surface area contributed by atoms with E-state index in [4.69, 9.17) is 24.3 Å². The molecule has 2 aromatic rings. The molecule has 0 saturated heterocycles. The number of nitrogens with two attached hydrogens (primary N) is 1. The molecule has 11 heteroatoms. The molecule has 36 heavy (non-hydrogen) atoms. The highest BCUT2D eigenvalue weighted by Crippen LogP contribution is 2.52. The molecule has 0 saturated carbocycles. The maximum absolute atomic E-state index is 13.2. The summed E-state index contributed by atoms with van der Waals surface area (Å²) in [6.07, 6.45) is -2.54. The van der Waals surface area contributed by atoms with Crippen LogP contribution >= 0.6 is 7.60 Å². The summed E-state index contributed by atoms with van der Waals surface area (Å²) >= 11 is 0.